The van der Waals surface area contributed by atoms with E-state index >= 15 is 0 Å². The number of hydrogen-bond donors (Lipinski definition) is 1. The molecule has 6 heteroatoms. The van der Waals surface area contributed by atoms with Crippen molar-refractivity contribution in [2.75, 3.05) is 18.6 Å². The van der Waals surface area contributed by atoms with Crippen LogP contribution in [0.25, 0.3) is 0 Å². The number of primary amides is 1. The largest absolute Gasteiger partial charge is 0.494 e. The van der Waals surface area contributed by atoms with Crippen molar-refractivity contribution < 1.29 is 14.3 Å². The number of rotatable bonds is 3. The van der Waals surface area contributed by atoms with Crippen molar-refractivity contribution in [1.82, 2.24) is 4.98 Å². The molecular formula is C11H13N3O3. The van der Waals surface area contributed by atoms with Gasteiger partial charge in [0, 0.05) is 25.2 Å². The van der Waals surface area contributed by atoms with Gasteiger partial charge >= 0.3 is 0 Å². The molecule has 2 heterocycles. The average molecular weight is 235 g/mol. The molecule has 0 aromatic carbocycles. The quantitative estimate of drug-likeness (QED) is 0.794. The molecule has 1 aliphatic heterocycles. The molecule has 2 N–H and O–H groups in total. The Morgan fingerprint density at radius 2 is 2.41 bits per heavy atom. The van der Waals surface area contributed by atoms with E-state index in [1.807, 2.05) is 0 Å². The summed E-state index contributed by atoms with van der Waals surface area (Å²) in [5.41, 5.74) is 5.78. The van der Waals surface area contributed by atoms with Gasteiger partial charge in [0.2, 0.25) is 11.8 Å². The van der Waals surface area contributed by atoms with Gasteiger partial charge in [0.05, 0.1) is 19.2 Å². The summed E-state index contributed by atoms with van der Waals surface area (Å²) in [5.74, 6) is -0.477. The molecule has 6 nitrogen and oxygen atoms in total. The van der Waals surface area contributed by atoms with E-state index in [-0.39, 0.29) is 18.9 Å². The Balaban J connectivity index is 2.29. The lowest BCUT2D eigenvalue weighted by Gasteiger charge is -2.18. The third kappa shape index (κ3) is 2.06. The highest BCUT2D eigenvalue weighted by atomic mass is 16.5. The smallest absolute Gasteiger partial charge is 0.228 e. The molecule has 0 radical (unpaired) electrons. The number of nitrogens with two attached hydrogens (primary N) is 1. The zero-order valence-electron chi connectivity index (χ0n) is 9.42. The zero-order chi connectivity index (χ0) is 12.4. The lowest BCUT2D eigenvalue weighted by Crippen LogP contribution is -2.28. The van der Waals surface area contributed by atoms with E-state index in [2.05, 4.69) is 4.98 Å². The fraction of sp³-hybridized carbons (Fsp3) is 0.364. The molecule has 17 heavy (non-hydrogen) atoms. The van der Waals surface area contributed by atoms with Crippen molar-refractivity contribution in [3.05, 3.63) is 18.5 Å². The Morgan fingerprint density at radius 3 is 3.00 bits per heavy atom. The number of amides is 2. The first-order valence-corrected chi connectivity index (χ1v) is 5.21. The van der Waals surface area contributed by atoms with Crippen LogP contribution in [0.1, 0.15) is 6.42 Å². The molecule has 1 saturated heterocycles. The van der Waals surface area contributed by atoms with Gasteiger partial charge in [0.25, 0.3) is 0 Å². The molecule has 1 fully saturated rings. The van der Waals surface area contributed by atoms with E-state index in [4.69, 9.17) is 10.5 Å². The summed E-state index contributed by atoms with van der Waals surface area (Å²) in [6.07, 6.45) is 3.27. The van der Waals surface area contributed by atoms with Crippen molar-refractivity contribution in [3.8, 4) is 5.75 Å². The standard InChI is InChI=1S/C11H13N3O3/c1-17-9-2-3-13-5-8(9)14-6-7(11(12)16)4-10(14)15/h2-3,5,7H,4,6H2,1H3,(H2,12,16). The summed E-state index contributed by atoms with van der Waals surface area (Å²) in [7, 11) is 1.52. The lowest BCUT2D eigenvalue weighted by atomic mass is 10.1. The topological polar surface area (TPSA) is 85.5 Å². The molecule has 1 aliphatic rings. The SMILES string of the molecule is COc1ccncc1N1CC(C(N)=O)CC1=O. The second-order valence-electron chi connectivity index (χ2n) is 3.86. The first-order chi connectivity index (χ1) is 8.13. The van der Waals surface area contributed by atoms with Crippen LogP contribution < -0.4 is 15.4 Å². The molecule has 0 aliphatic carbocycles. The number of aromatic nitrogens is 1. The van der Waals surface area contributed by atoms with Gasteiger partial charge in [-0.05, 0) is 0 Å². The first-order valence-electron chi connectivity index (χ1n) is 5.21. The summed E-state index contributed by atoms with van der Waals surface area (Å²) < 4.78 is 5.15. The Kier molecular flexibility index (Phi) is 2.95. The van der Waals surface area contributed by atoms with Crippen molar-refractivity contribution in [1.29, 1.82) is 0 Å². The number of hydrogen-bond acceptors (Lipinski definition) is 4. The Bertz CT molecular complexity index is 461. The second-order valence-corrected chi connectivity index (χ2v) is 3.86. The molecular weight excluding hydrogens is 222 g/mol. The van der Waals surface area contributed by atoms with Gasteiger partial charge in [0.15, 0.2) is 0 Å². The molecule has 90 valence electrons. The molecule has 1 unspecified atom stereocenters. The van der Waals surface area contributed by atoms with Gasteiger partial charge in [-0.2, -0.15) is 0 Å². The van der Waals surface area contributed by atoms with Crippen LogP contribution >= 0.6 is 0 Å². The van der Waals surface area contributed by atoms with Gasteiger partial charge < -0.3 is 15.4 Å². The molecule has 2 rings (SSSR count). The minimum atomic E-state index is -0.455. The lowest BCUT2D eigenvalue weighted by molar-refractivity contribution is -0.123. The highest BCUT2D eigenvalue weighted by Gasteiger charge is 2.35. The van der Waals surface area contributed by atoms with Crippen LogP contribution in [0, 0.1) is 5.92 Å². The number of carbonyl (C=O) groups excluding carboxylic acids is 2. The number of ether oxygens (including phenoxy) is 1. The molecule has 1 aromatic heterocycles. The van der Waals surface area contributed by atoms with Crippen LogP contribution in [0.15, 0.2) is 18.5 Å². The van der Waals surface area contributed by atoms with Crippen molar-refractivity contribution in [2.24, 2.45) is 11.7 Å². The van der Waals surface area contributed by atoms with Crippen LogP contribution in [0.4, 0.5) is 5.69 Å². The maximum Gasteiger partial charge on any atom is 0.228 e. The first kappa shape index (κ1) is 11.4. The molecule has 1 atom stereocenters. The third-order valence-electron chi connectivity index (χ3n) is 2.80. The number of anilines is 1. The maximum absolute atomic E-state index is 11.8. The van der Waals surface area contributed by atoms with Gasteiger partial charge in [-0.15, -0.1) is 0 Å². The Hall–Kier alpha value is -2.11. The monoisotopic (exact) mass is 235 g/mol. The highest BCUT2D eigenvalue weighted by molar-refractivity contribution is 6.00. The fourth-order valence-electron chi connectivity index (χ4n) is 1.88. The normalized spacial score (nSPS) is 19.5. The average Bonchev–Trinajstić information content (AvgIpc) is 2.71. The number of methoxy groups -OCH3 is 1. The van der Waals surface area contributed by atoms with Crippen molar-refractivity contribution in [3.63, 3.8) is 0 Å². The van der Waals surface area contributed by atoms with Crippen molar-refractivity contribution in [2.45, 2.75) is 6.42 Å². The van der Waals surface area contributed by atoms with E-state index in [1.165, 1.54) is 12.0 Å². The summed E-state index contributed by atoms with van der Waals surface area (Å²) in [6, 6.07) is 1.67. The summed E-state index contributed by atoms with van der Waals surface area (Å²) >= 11 is 0. The van der Waals surface area contributed by atoms with Crippen LogP contribution in [0.5, 0.6) is 5.75 Å². The van der Waals surface area contributed by atoms with Crippen LogP contribution in [0.3, 0.4) is 0 Å². The predicted octanol–water partition coefficient (Wildman–Crippen LogP) is -0.0716. The maximum atomic E-state index is 11.8. The van der Waals surface area contributed by atoms with E-state index in [9.17, 15) is 9.59 Å². The molecule has 0 spiro atoms. The van der Waals surface area contributed by atoms with E-state index in [0.29, 0.717) is 11.4 Å². The third-order valence-corrected chi connectivity index (χ3v) is 2.80. The number of carbonyl (C=O) groups is 2. The summed E-state index contributed by atoms with van der Waals surface area (Å²) in [4.78, 5) is 28.3. The van der Waals surface area contributed by atoms with Gasteiger partial charge in [0.1, 0.15) is 11.4 Å². The zero-order valence-corrected chi connectivity index (χ0v) is 9.42. The number of nitrogens with zero attached hydrogens (tertiary/aromatic N) is 2. The molecule has 0 bridgehead atoms. The minimum absolute atomic E-state index is 0.139. The van der Waals surface area contributed by atoms with Crippen LogP contribution in [0.2, 0.25) is 0 Å². The number of pyridine rings is 1. The van der Waals surface area contributed by atoms with Gasteiger partial charge in [-0.25, -0.2) is 0 Å². The highest BCUT2D eigenvalue weighted by Crippen LogP contribution is 2.31. The van der Waals surface area contributed by atoms with E-state index in [1.54, 1.807) is 18.5 Å². The van der Waals surface area contributed by atoms with Crippen molar-refractivity contribution >= 4 is 17.5 Å². The Morgan fingerprint density at radius 1 is 1.65 bits per heavy atom. The summed E-state index contributed by atoms with van der Waals surface area (Å²) in [6.45, 7) is 0.288. The summed E-state index contributed by atoms with van der Waals surface area (Å²) in [5, 5.41) is 0. The Labute approximate surface area is 98.4 Å². The van der Waals surface area contributed by atoms with Gasteiger partial charge in [-0.1, -0.05) is 0 Å². The molecule has 0 saturated carbocycles. The van der Waals surface area contributed by atoms with E-state index < -0.39 is 11.8 Å². The minimum Gasteiger partial charge on any atom is -0.494 e. The van der Waals surface area contributed by atoms with Crippen LogP contribution in [-0.4, -0.2) is 30.5 Å². The second kappa shape index (κ2) is 4.40. The van der Waals surface area contributed by atoms with Crippen LogP contribution in [-0.2, 0) is 9.59 Å². The fourth-order valence-corrected chi connectivity index (χ4v) is 1.88. The van der Waals surface area contributed by atoms with E-state index in [0.717, 1.165) is 0 Å². The molecule has 2 amide bonds. The predicted molar refractivity (Wildman–Crippen MR) is 60.4 cm³/mol. The van der Waals surface area contributed by atoms with Gasteiger partial charge in [-0.3, -0.25) is 14.6 Å². The molecule has 1 aromatic rings.